The molecule has 0 aromatic rings. The maximum atomic E-state index is 10.1. The lowest BCUT2D eigenvalue weighted by molar-refractivity contribution is -0.271. The fourth-order valence-electron chi connectivity index (χ4n) is 0.166. The number of rotatable bonds is 3. The van der Waals surface area contributed by atoms with Gasteiger partial charge in [0.2, 0.25) is 0 Å². The summed E-state index contributed by atoms with van der Waals surface area (Å²) in [7, 11) is 2.60. The highest BCUT2D eigenvalue weighted by Gasteiger charge is 1.96. The van der Waals surface area contributed by atoms with E-state index in [4.69, 9.17) is 0 Å². The third-order valence-corrected chi connectivity index (χ3v) is 0.522. The SMILES string of the molecule is COOCC(=O)OC. The van der Waals surface area contributed by atoms with E-state index in [1.807, 2.05) is 0 Å². The van der Waals surface area contributed by atoms with E-state index in [9.17, 15) is 4.79 Å². The molecule has 0 N–H and O–H groups in total. The van der Waals surface area contributed by atoms with Gasteiger partial charge in [0.25, 0.3) is 0 Å². The van der Waals surface area contributed by atoms with Crippen molar-refractivity contribution in [2.75, 3.05) is 20.8 Å². The summed E-state index contributed by atoms with van der Waals surface area (Å²) >= 11 is 0. The predicted molar refractivity (Wildman–Crippen MR) is 25.0 cm³/mol. The van der Waals surface area contributed by atoms with Crippen molar-refractivity contribution in [3.8, 4) is 0 Å². The molecule has 0 unspecified atom stereocenters. The summed E-state index contributed by atoms with van der Waals surface area (Å²) in [6, 6.07) is 0. The molecule has 0 aromatic carbocycles. The lowest BCUT2D eigenvalue weighted by Gasteiger charge is -1.95. The fourth-order valence-corrected chi connectivity index (χ4v) is 0.166. The van der Waals surface area contributed by atoms with Crippen molar-refractivity contribution in [1.82, 2.24) is 0 Å². The van der Waals surface area contributed by atoms with Gasteiger partial charge in [-0.3, -0.25) is 0 Å². The van der Waals surface area contributed by atoms with Crippen LogP contribution < -0.4 is 0 Å². The largest absolute Gasteiger partial charge is 0.467 e. The first kappa shape index (κ1) is 7.39. The normalized spacial score (nSPS) is 8.75. The van der Waals surface area contributed by atoms with Gasteiger partial charge in [-0.25, -0.2) is 14.6 Å². The maximum absolute atomic E-state index is 10.1. The van der Waals surface area contributed by atoms with E-state index < -0.39 is 5.97 Å². The molecule has 0 atom stereocenters. The molecule has 0 saturated carbocycles. The van der Waals surface area contributed by atoms with Crippen molar-refractivity contribution in [3.05, 3.63) is 0 Å². The smallest absolute Gasteiger partial charge is 0.335 e. The molecular weight excluding hydrogens is 112 g/mol. The van der Waals surface area contributed by atoms with Crippen molar-refractivity contribution in [2.45, 2.75) is 0 Å². The van der Waals surface area contributed by atoms with Crippen molar-refractivity contribution < 1.29 is 19.3 Å². The van der Waals surface area contributed by atoms with E-state index in [1.54, 1.807) is 0 Å². The summed E-state index contributed by atoms with van der Waals surface area (Å²) in [6.45, 7) is -0.160. The number of esters is 1. The van der Waals surface area contributed by atoms with Crippen LogP contribution in [0.3, 0.4) is 0 Å². The number of hydrogen-bond acceptors (Lipinski definition) is 4. The first-order chi connectivity index (χ1) is 3.81. The van der Waals surface area contributed by atoms with Crippen molar-refractivity contribution in [1.29, 1.82) is 0 Å². The van der Waals surface area contributed by atoms with Crippen LogP contribution in [0.4, 0.5) is 0 Å². The van der Waals surface area contributed by atoms with Gasteiger partial charge < -0.3 is 4.74 Å². The molecule has 0 fully saturated rings. The summed E-state index contributed by atoms with van der Waals surface area (Å²) in [6.07, 6.45) is 0. The molecule has 0 radical (unpaired) electrons. The molecule has 4 nitrogen and oxygen atoms in total. The molecule has 0 aliphatic carbocycles. The molecule has 0 aromatic heterocycles. The average Bonchev–Trinajstić information content (AvgIpc) is 1.83. The van der Waals surface area contributed by atoms with Crippen molar-refractivity contribution in [2.24, 2.45) is 0 Å². The predicted octanol–water partition coefficient (Wildman–Crippen LogP) is -0.263. The highest BCUT2D eigenvalue weighted by molar-refractivity contribution is 5.70. The van der Waals surface area contributed by atoms with Crippen LogP contribution in [-0.2, 0) is 19.3 Å². The minimum atomic E-state index is -0.452. The Morgan fingerprint density at radius 1 is 1.50 bits per heavy atom. The quantitative estimate of drug-likeness (QED) is 0.292. The van der Waals surface area contributed by atoms with Crippen LogP contribution in [0.25, 0.3) is 0 Å². The van der Waals surface area contributed by atoms with E-state index >= 15 is 0 Å². The zero-order valence-electron chi connectivity index (χ0n) is 4.84. The number of carbonyl (C=O) groups excluding carboxylic acids is 1. The number of methoxy groups -OCH3 is 1. The molecule has 0 heterocycles. The van der Waals surface area contributed by atoms with Crippen LogP contribution >= 0.6 is 0 Å². The van der Waals surface area contributed by atoms with Crippen molar-refractivity contribution in [3.63, 3.8) is 0 Å². The lowest BCUT2D eigenvalue weighted by atomic mass is 10.8. The van der Waals surface area contributed by atoms with E-state index in [2.05, 4.69) is 14.5 Å². The Bertz CT molecular complexity index is 70.4. The van der Waals surface area contributed by atoms with Crippen LogP contribution in [0.15, 0.2) is 0 Å². The Morgan fingerprint density at radius 3 is 2.50 bits per heavy atom. The second kappa shape index (κ2) is 4.55. The zero-order valence-corrected chi connectivity index (χ0v) is 4.84. The van der Waals surface area contributed by atoms with Crippen LogP contribution in [0.1, 0.15) is 0 Å². The highest BCUT2D eigenvalue weighted by Crippen LogP contribution is 1.75. The Balaban J connectivity index is 2.99. The molecule has 0 rings (SSSR count). The third kappa shape index (κ3) is 3.58. The van der Waals surface area contributed by atoms with Gasteiger partial charge in [0.15, 0.2) is 6.61 Å². The molecule has 0 bridgehead atoms. The van der Waals surface area contributed by atoms with Crippen LogP contribution in [-0.4, -0.2) is 26.8 Å². The van der Waals surface area contributed by atoms with E-state index in [1.165, 1.54) is 14.2 Å². The first-order valence-electron chi connectivity index (χ1n) is 2.03. The summed E-state index contributed by atoms with van der Waals surface area (Å²) < 4.78 is 4.21. The third-order valence-electron chi connectivity index (χ3n) is 0.522. The van der Waals surface area contributed by atoms with Gasteiger partial charge in [-0.15, -0.1) is 0 Å². The average molecular weight is 120 g/mol. The molecular formula is C4H8O4. The molecule has 0 aliphatic rings. The van der Waals surface area contributed by atoms with Crippen molar-refractivity contribution >= 4 is 5.97 Å². The number of ether oxygens (including phenoxy) is 1. The topological polar surface area (TPSA) is 44.8 Å². The summed E-state index contributed by atoms with van der Waals surface area (Å²) in [5.74, 6) is -0.452. The van der Waals surface area contributed by atoms with E-state index in [-0.39, 0.29) is 6.61 Å². The second-order valence-electron chi connectivity index (χ2n) is 1.00. The van der Waals surface area contributed by atoms with Crippen LogP contribution in [0, 0.1) is 0 Å². The summed E-state index contributed by atoms with van der Waals surface area (Å²) in [4.78, 5) is 18.5. The van der Waals surface area contributed by atoms with Crippen LogP contribution in [0.2, 0.25) is 0 Å². The number of hydrogen-bond donors (Lipinski definition) is 0. The standard InChI is InChI=1S/C4H8O4/c1-6-4(5)3-8-7-2/h3H2,1-2H3. The highest BCUT2D eigenvalue weighted by atomic mass is 17.2. The molecule has 0 saturated heterocycles. The molecule has 8 heavy (non-hydrogen) atoms. The van der Waals surface area contributed by atoms with Gasteiger partial charge in [-0.05, 0) is 0 Å². The Labute approximate surface area is 47.3 Å². The molecule has 0 aliphatic heterocycles. The number of carbonyl (C=O) groups is 1. The Hall–Kier alpha value is -0.610. The summed E-state index contributed by atoms with van der Waals surface area (Å²) in [5.41, 5.74) is 0. The monoisotopic (exact) mass is 120 g/mol. The van der Waals surface area contributed by atoms with Gasteiger partial charge in [-0.1, -0.05) is 0 Å². The minimum Gasteiger partial charge on any atom is -0.467 e. The van der Waals surface area contributed by atoms with Crippen LogP contribution in [0.5, 0.6) is 0 Å². The minimum absolute atomic E-state index is 0.160. The molecule has 48 valence electrons. The maximum Gasteiger partial charge on any atom is 0.335 e. The zero-order chi connectivity index (χ0) is 6.41. The van der Waals surface area contributed by atoms with Gasteiger partial charge in [0.1, 0.15) is 0 Å². The van der Waals surface area contributed by atoms with Gasteiger partial charge >= 0.3 is 5.97 Å². The lowest BCUT2D eigenvalue weighted by Crippen LogP contribution is -2.09. The van der Waals surface area contributed by atoms with Gasteiger partial charge in [0, 0.05) is 0 Å². The second-order valence-corrected chi connectivity index (χ2v) is 1.00. The first-order valence-corrected chi connectivity index (χ1v) is 2.03. The molecule has 0 spiro atoms. The molecule has 0 amide bonds. The summed E-state index contributed by atoms with van der Waals surface area (Å²) in [5, 5.41) is 0. The van der Waals surface area contributed by atoms with Gasteiger partial charge in [-0.2, -0.15) is 0 Å². The Kier molecular flexibility index (Phi) is 4.20. The fraction of sp³-hybridized carbons (Fsp3) is 0.750. The van der Waals surface area contributed by atoms with E-state index in [0.29, 0.717) is 0 Å². The Morgan fingerprint density at radius 2 is 2.12 bits per heavy atom. The van der Waals surface area contributed by atoms with E-state index in [0.717, 1.165) is 0 Å². The van der Waals surface area contributed by atoms with Gasteiger partial charge in [0.05, 0.1) is 14.2 Å². The molecule has 4 heteroatoms.